The zero-order valence-corrected chi connectivity index (χ0v) is 8.22. The van der Waals surface area contributed by atoms with E-state index in [1.807, 2.05) is 0 Å². The number of hydrogen-bond donors (Lipinski definition) is 1. The lowest BCUT2D eigenvalue weighted by Crippen LogP contribution is -2.09. The van der Waals surface area contributed by atoms with Crippen molar-refractivity contribution in [3.63, 3.8) is 0 Å². The topological polar surface area (TPSA) is 63.6 Å². The van der Waals surface area contributed by atoms with Gasteiger partial charge in [0, 0.05) is 12.4 Å². The first-order valence-electron chi connectivity index (χ1n) is 4.09. The highest BCUT2D eigenvalue weighted by atomic mass is 32.2. The second-order valence-corrected chi connectivity index (χ2v) is 3.36. The Morgan fingerprint density at radius 2 is 2.23 bits per heavy atom. The Labute approximate surface area is 81.6 Å². The van der Waals surface area contributed by atoms with Gasteiger partial charge in [-0.05, 0) is 12.8 Å². The van der Waals surface area contributed by atoms with Crippen molar-refractivity contribution in [2.24, 2.45) is 0 Å². The molecule has 0 amide bonds. The normalized spacial score (nSPS) is 9.62. The molecule has 0 aromatic carbocycles. The number of thioether (sulfide) groups is 1. The fourth-order valence-electron chi connectivity index (χ4n) is 0.632. The molecule has 0 rings (SSSR count). The van der Waals surface area contributed by atoms with Gasteiger partial charge in [0.1, 0.15) is 6.29 Å². The van der Waals surface area contributed by atoms with Crippen molar-refractivity contribution in [2.45, 2.75) is 12.8 Å². The van der Waals surface area contributed by atoms with Crippen LogP contribution < -0.4 is 0 Å². The molecular formula is C8H14O4S. The Morgan fingerprint density at radius 3 is 2.85 bits per heavy atom. The molecule has 13 heavy (non-hydrogen) atoms. The third-order valence-electron chi connectivity index (χ3n) is 1.22. The van der Waals surface area contributed by atoms with Crippen LogP contribution in [-0.2, 0) is 14.3 Å². The molecule has 0 unspecified atom stereocenters. The zero-order valence-electron chi connectivity index (χ0n) is 7.40. The molecule has 0 aromatic rings. The van der Waals surface area contributed by atoms with Crippen molar-refractivity contribution >= 4 is 24.0 Å². The van der Waals surface area contributed by atoms with Crippen LogP contribution in [0.5, 0.6) is 0 Å². The summed E-state index contributed by atoms with van der Waals surface area (Å²) in [5, 5.41) is 8.42. The van der Waals surface area contributed by atoms with Crippen molar-refractivity contribution in [3.8, 4) is 0 Å². The van der Waals surface area contributed by atoms with Crippen LogP contribution in [0.1, 0.15) is 12.8 Å². The molecule has 0 aliphatic rings. The number of aliphatic hydroxyl groups excluding tert-OH is 1. The van der Waals surface area contributed by atoms with Gasteiger partial charge >= 0.3 is 5.97 Å². The van der Waals surface area contributed by atoms with E-state index < -0.39 is 0 Å². The van der Waals surface area contributed by atoms with Gasteiger partial charge in [0.25, 0.3) is 0 Å². The number of rotatable bonds is 8. The Bertz CT molecular complexity index is 149. The molecule has 76 valence electrons. The minimum absolute atomic E-state index is 0.122. The number of ether oxygens (including phenoxy) is 1. The maximum atomic E-state index is 10.9. The van der Waals surface area contributed by atoms with E-state index >= 15 is 0 Å². The lowest BCUT2D eigenvalue weighted by atomic mass is 10.3. The van der Waals surface area contributed by atoms with Gasteiger partial charge in [0.05, 0.1) is 12.4 Å². The van der Waals surface area contributed by atoms with Crippen LogP contribution in [0.3, 0.4) is 0 Å². The first-order valence-corrected chi connectivity index (χ1v) is 5.24. The molecule has 0 aliphatic heterocycles. The standard InChI is InChI=1S/C8H14O4S/c9-3-1-2-5-12-8(11)7-13-6-4-10/h4,9H,1-3,5-7H2. The molecule has 0 bridgehead atoms. The van der Waals surface area contributed by atoms with E-state index in [0.29, 0.717) is 25.2 Å². The predicted octanol–water partition coefficient (Wildman–Crippen LogP) is 0.234. The van der Waals surface area contributed by atoms with Crippen LogP contribution in [0.2, 0.25) is 0 Å². The monoisotopic (exact) mass is 206 g/mol. The Kier molecular flexibility index (Phi) is 9.13. The second kappa shape index (κ2) is 9.54. The Balaban J connectivity index is 3.15. The highest BCUT2D eigenvalue weighted by Gasteiger charge is 2.01. The van der Waals surface area contributed by atoms with Crippen molar-refractivity contribution in [2.75, 3.05) is 24.7 Å². The SMILES string of the molecule is O=CCSCC(=O)OCCCCO. The summed E-state index contributed by atoms with van der Waals surface area (Å²) in [6.07, 6.45) is 2.08. The molecular weight excluding hydrogens is 192 g/mol. The van der Waals surface area contributed by atoms with Crippen molar-refractivity contribution in [3.05, 3.63) is 0 Å². The molecule has 0 fully saturated rings. The lowest BCUT2D eigenvalue weighted by molar-refractivity contribution is -0.140. The van der Waals surface area contributed by atoms with Gasteiger partial charge in [-0.1, -0.05) is 0 Å². The van der Waals surface area contributed by atoms with E-state index in [1.165, 1.54) is 11.8 Å². The first kappa shape index (κ1) is 12.4. The van der Waals surface area contributed by atoms with Crippen molar-refractivity contribution < 1.29 is 19.4 Å². The van der Waals surface area contributed by atoms with Gasteiger partial charge in [0.15, 0.2) is 0 Å². The molecule has 0 aromatic heterocycles. The molecule has 0 saturated heterocycles. The maximum Gasteiger partial charge on any atom is 0.315 e. The van der Waals surface area contributed by atoms with Crippen molar-refractivity contribution in [1.29, 1.82) is 0 Å². The predicted molar refractivity (Wildman–Crippen MR) is 50.7 cm³/mol. The van der Waals surface area contributed by atoms with Crippen LogP contribution in [0, 0.1) is 0 Å². The quantitative estimate of drug-likeness (QED) is 0.350. The number of unbranched alkanes of at least 4 members (excludes halogenated alkanes) is 1. The van der Waals surface area contributed by atoms with E-state index in [2.05, 4.69) is 0 Å². The number of aliphatic hydroxyl groups is 1. The van der Waals surface area contributed by atoms with E-state index in [-0.39, 0.29) is 18.3 Å². The third kappa shape index (κ3) is 9.36. The summed E-state index contributed by atoms with van der Waals surface area (Å²) in [4.78, 5) is 20.7. The molecule has 0 saturated carbocycles. The second-order valence-electron chi connectivity index (χ2n) is 2.33. The van der Waals surface area contributed by atoms with E-state index in [9.17, 15) is 9.59 Å². The minimum atomic E-state index is -0.301. The summed E-state index contributed by atoms with van der Waals surface area (Å²) >= 11 is 1.23. The largest absolute Gasteiger partial charge is 0.465 e. The van der Waals surface area contributed by atoms with Crippen LogP contribution in [0.15, 0.2) is 0 Å². The van der Waals surface area contributed by atoms with Crippen LogP contribution in [0.25, 0.3) is 0 Å². The average Bonchev–Trinajstić information content (AvgIpc) is 2.13. The number of carbonyl (C=O) groups excluding carboxylic acids is 2. The lowest BCUT2D eigenvalue weighted by Gasteiger charge is -2.02. The third-order valence-corrected chi connectivity index (χ3v) is 2.03. The molecule has 1 N–H and O–H groups in total. The molecule has 0 heterocycles. The number of esters is 1. The summed E-state index contributed by atoms with van der Waals surface area (Å²) in [6.45, 7) is 0.471. The summed E-state index contributed by atoms with van der Waals surface area (Å²) in [6, 6.07) is 0. The highest BCUT2D eigenvalue weighted by Crippen LogP contribution is 1.99. The van der Waals surface area contributed by atoms with Gasteiger partial charge in [0.2, 0.25) is 0 Å². The molecule has 0 radical (unpaired) electrons. The highest BCUT2D eigenvalue weighted by molar-refractivity contribution is 8.00. The molecule has 4 nitrogen and oxygen atoms in total. The number of aldehydes is 1. The van der Waals surface area contributed by atoms with Gasteiger partial charge in [-0.25, -0.2) is 0 Å². The van der Waals surface area contributed by atoms with Gasteiger partial charge in [-0.2, -0.15) is 0 Å². The smallest absolute Gasteiger partial charge is 0.315 e. The summed E-state index contributed by atoms with van der Waals surface area (Å²) < 4.78 is 4.80. The molecule has 0 aliphatic carbocycles. The van der Waals surface area contributed by atoms with Crippen LogP contribution in [0.4, 0.5) is 0 Å². The van der Waals surface area contributed by atoms with Crippen LogP contribution in [-0.4, -0.2) is 42.1 Å². The van der Waals surface area contributed by atoms with Gasteiger partial charge in [-0.15, -0.1) is 11.8 Å². The number of hydrogen-bond acceptors (Lipinski definition) is 5. The molecule has 0 atom stereocenters. The van der Waals surface area contributed by atoms with E-state index in [4.69, 9.17) is 9.84 Å². The molecule has 5 heteroatoms. The maximum absolute atomic E-state index is 10.9. The summed E-state index contributed by atoms with van der Waals surface area (Å²) in [5.74, 6) is 0.244. The van der Waals surface area contributed by atoms with Gasteiger partial charge < -0.3 is 14.6 Å². The van der Waals surface area contributed by atoms with Crippen LogP contribution >= 0.6 is 11.8 Å². The average molecular weight is 206 g/mol. The fourth-order valence-corrected chi connectivity index (χ4v) is 1.10. The first-order chi connectivity index (χ1) is 6.31. The van der Waals surface area contributed by atoms with E-state index in [1.54, 1.807) is 0 Å². The zero-order chi connectivity index (χ0) is 9.94. The number of carbonyl (C=O) groups is 2. The Hall–Kier alpha value is -0.550. The summed E-state index contributed by atoms with van der Waals surface area (Å²) in [7, 11) is 0. The molecule has 0 spiro atoms. The summed E-state index contributed by atoms with van der Waals surface area (Å²) in [5.41, 5.74) is 0. The van der Waals surface area contributed by atoms with E-state index in [0.717, 1.165) is 6.29 Å². The minimum Gasteiger partial charge on any atom is -0.465 e. The van der Waals surface area contributed by atoms with Gasteiger partial charge in [-0.3, -0.25) is 4.79 Å². The fraction of sp³-hybridized carbons (Fsp3) is 0.750. The van der Waals surface area contributed by atoms with Crippen molar-refractivity contribution in [1.82, 2.24) is 0 Å². The Morgan fingerprint density at radius 1 is 1.46 bits per heavy atom.